The third-order valence-electron chi connectivity index (χ3n) is 4.38. The zero-order valence-corrected chi connectivity index (χ0v) is 18.0. The lowest BCUT2D eigenvalue weighted by molar-refractivity contribution is -0.131. The maximum absolute atomic E-state index is 12.5. The molecule has 1 aromatic rings. The molecule has 4 amide bonds. The average molecular weight is 449 g/mol. The molecule has 176 valence electrons. The molecule has 1 rings (SSSR count). The predicted octanol–water partition coefficient (Wildman–Crippen LogP) is -2.80. The van der Waals surface area contributed by atoms with Gasteiger partial charge >= 0.3 is 0 Å². The molecule has 0 unspecified atom stereocenters. The van der Waals surface area contributed by atoms with Gasteiger partial charge in [-0.25, -0.2) is 0 Å². The van der Waals surface area contributed by atoms with Gasteiger partial charge in [0, 0.05) is 13.0 Å². The van der Waals surface area contributed by atoms with Crippen LogP contribution in [0, 0.1) is 0 Å². The van der Waals surface area contributed by atoms with E-state index in [2.05, 4.69) is 20.9 Å². The van der Waals surface area contributed by atoms with Crippen molar-refractivity contribution < 1.29 is 19.2 Å². The number of hydrogen-bond acceptors (Lipinski definition) is 6. The third kappa shape index (κ3) is 10.4. The van der Waals surface area contributed by atoms with Crippen LogP contribution in [0.5, 0.6) is 0 Å². The molecule has 0 radical (unpaired) electrons. The van der Waals surface area contributed by atoms with E-state index in [4.69, 9.17) is 22.9 Å². The van der Waals surface area contributed by atoms with Crippen molar-refractivity contribution in [1.82, 2.24) is 16.0 Å². The van der Waals surface area contributed by atoms with Crippen LogP contribution in [0.15, 0.2) is 35.3 Å². The normalized spacial score (nSPS) is 13.2. The number of hydrogen-bond donors (Lipinski definition) is 7. The summed E-state index contributed by atoms with van der Waals surface area (Å²) in [5.74, 6) is -2.49. The van der Waals surface area contributed by atoms with E-state index in [1.165, 1.54) is 6.92 Å². The largest absolute Gasteiger partial charge is 0.370 e. The number of rotatable bonds is 13. The van der Waals surface area contributed by atoms with E-state index in [0.717, 1.165) is 5.56 Å². The number of carbonyl (C=O) groups excluding carboxylic acids is 4. The molecule has 1 aromatic carbocycles. The Balaban J connectivity index is 2.64. The smallest absolute Gasteiger partial charge is 0.243 e. The molecule has 0 aliphatic rings. The zero-order chi connectivity index (χ0) is 24.1. The van der Waals surface area contributed by atoms with E-state index in [-0.39, 0.29) is 25.3 Å². The lowest BCUT2D eigenvalue weighted by atomic mass is 10.1. The van der Waals surface area contributed by atoms with E-state index in [1.807, 2.05) is 6.07 Å². The lowest BCUT2D eigenvalue weighted by Gasteiger charge is -2.20. The van der Waals surface area contributed by atoms with Crippen LogP contribution in [0.3, 0.4) is 0 Å². The van der Waals surface area contributed by atoms with E-state index < -0.39 is 48.3 Å². The minimum absolute atomic E-state index is 0.0817. The maximum atomic E-state index is 12.5. The number of nitrogens with one attached hydrogen (secondary N) is 3. The summed E-state index contributed by atoms with van der Waals surface area (Å²) in [6.07, 6.45) is 0.844. The van der Waals surface area contributed by atoms with E-state index in [1.54, 1.807) is 24.3 Å². The van der Waals surface area contributed by atoms with Crippen LogP contribution < -0.4 is 38.9 Å². The van der Waals surface area contributed by atoms with Gasteiger partial charge in [0.15, 0.2) is 5.96 Å². The standard InChI is InChI=1S/C20H32N8O4/c1-12(21)18(31)28-14(8-5-9-25-20(23)24)19(32)26-11-16(29)27-15(17(22)30)10-13-6-3-2-4-7-13/h2-4,6-7,12,14-15H,5,8-11,21H2,1H3,(H2,22,30)(H,26,32)(H,27,29)(H,28,31)(H4,23,24,25)/t12-,14-,15-/m0/s1. The summed E-state index contributed by atoms with van der Waals surface area (Å²) in [6.45, 7) is 1.34. The lowest BCUT2D eigenvalue weighted by Crippen LogP contribution is -2.53. The fourth-order valence-electron chi connectivity index (χ4n) is 2.68. The van der Waals surface area contributed by atoms with Crippen molar-refractivity contribution in [3.05, 3.63) is 35.9 Å². The van der Waals surface area contributed by atoms with Crippen molar-refractivity contribution in [2.24, 2.45) is 27.9 Å². The highest BCUT2D eigenvalue weighted by atomic mass is 16.2. The van der Waals surface area contributed by atoms with Crippen molar-refractivity contribution in [2.75, 3.05) is 13.1 Å². The number of benzene rings is 1. The summed E-state index contributed by atoms with van der Waals surface area (Å²) in [7, 11) is 0. The highest BCUT2D eigenvalue weighted by molar-refractivity contribution is 5.93. The van der Waals surface area contributed by atoms with Crippen molar-refractivity contribution in [3.63, 3.8) is 0 Å². The minimum Gasteiger partial charge on any atom is -0.370 e. The molecule has 12 heteroatoms. The molecule has 32 heavy (non-hydrogen) atoms. The Labute approximate surface area is 186 Å². The third-order valence-corrected chi connectivity index (χ3v) is 4.38. The van der Waals surface area contributed by atoms with Gasteiger partial charge in [0.2, 0.25) is 23.6 Å². The molecular weight excluding hydrogens is 416 g/mol. The molecule has 0 spiro atoms. The second-order valence-electron chi connectivity index (χ2n) is 7.23. The number of aliphatic imine (C=N–C) groups is 1. The molecule has 0 saturated heterocycles. The average Bonchev–Trinajstić information content (AvgIpc) is 2.73. The fourth-order valence-corrected chi connectivity index (χ4v) is 2.68. The number of primary amides is 1. The van der Waals surface area contributed by atoms with Gasteiger partial charge < -0.3 is 38.9 Å². The van der Waals surface area contributed by atoms with Crippen LogP contribution >= 0.6 is 0 Å². The van der Waals surface area contributed by atoms with Crippen molar-refractivity contribution in [2.45, 2.75) is 44.3 Å². The van der Waals surface area contributed by atoms with Gasteiger partial charge in [-0.1, -0.05) is 30.3 Å². The van der Waals surface area contributed by atoms with E-state index in [9.17, 15) is 19.2 Å². The number of carbonyl (C=O) groups is 4. The van der Waals surface area contributed by atoms with Crippen molar-refractivity contribution in [1.29, 1.82) is 0 Å². The van der Waals surface area contributed by atoms with Gasteiger partial charge in [-0.2, -0.15) is 0 Å². The Morgan fingerprint density at radius 2 is 1.62 bits per heavy atom. The highest BCUT2D eigenvalue weighted by Gasteiger charge is 2.23. The topological polar surface area (TPSA) is 221 Å². The first-order valence-corrected chi connectivity index (χ1v) is 10.1. The van der Waals surface area contributed by atoms with Crippen LogP contribution in [-0.4, -0.2) is 60.8 Å². The molecule has 0 aromatic heterocycles. The summed E-state index contributed by atoms with van der Waals surface area (Å²) in [5.41, 5.74) is 22.3. The molecule has 0 heterocycles. The van der Waals surface area contributed by atoms with Crippen LogP contribution in [0.25, 0.3) is 0 Å². The summed E-state index contributed by atoms with van der Waals surface area (Å²) >= 11 is 0. The van der Waals surface area contributed by atoms with Gasteiger partial charge in [-0.3, -0.25) is 24.2 Å². The number of amides is 4. The van der Waals surface area contributed by atoms with Crippen LogP contribution in [0.2, 0.25) is 0 Å². The van der Waals surface area contributed by atoms with Gasteiger partial charge in [-0.15, -0.1) is 0 Å². The molecule has 0 saturated carbocycles. The number of guanidine groups is 1. The predicted molar refractivity (Wildman–Crippen MR) is 120 cm³/mol. The molecule has 3 atom stereocenters. The maximum Gasteiger partial charge on any atom is 0.243 e. The van der Waals surface area contributed by atoms with E-state index >= 15 is 0 Å². The Bertz CT molecular complexity index is 809. The Morgan fingerprint density at radius 3 is 2.19 bits per heavy atom. The Hall–Kier alpha value is -3.67. The van der Waals surface area contributed by atoms with Crippen LogP contribution in [-0.2, 0) is 25.6 Å². The highest BCUT2D eigenvalue weighted by Crippen LogP contribution is 2.03. The Kier molecular flexibility index (Phi) is 11.2. The zero-order valence-electron chi connectivity index (χ0n) is 18.0. The molecule has 12 nitrogen and oxygen atoms in total. The van der Waals surface area contributed by atoms with Gasteiger partial charge in [0.25, 0.3) is 0 Å². The fraction of sp³-hybridized carbons (Fsp3) is 0.450. The molecule has 0 aliphatic heterocycles. The van der Waals surface area contributed by atoms with Crippen LogP contribution in [0.4, 0.5) is 0 Å². The monoisotopic (exact) mass is 448 g/mol. The van der Waals surface area contributed by atoms with Crippen molar-refractivity contribution in [3.8, 4) is 0 Å². The summed E-state index contributed by atoms with van der Waals surface area (Å²) in [5, 5.41) is 7.47. The van der Waals surface area contributed by atoms with Gasteiger partial charge in [0.05, 0.1) is 12.6 Å². The van der Waals surface area contributed by atoms with Crippen LogP contribution in [0.1, 0.15) is 25.3 Å². The molecule has 0 bridgehead atoms. The van der Waals surface area contributed by atoms with Gasteiger partial charge in [-0.05, 0) is 25.3 Å². The second kappa shape index (κ2) is 13.6. The SMILES string of the molecule is C[C@H](N)C(=O)N[C@@H](CCCN=C(N)N)C(=O)NCC(=O)N[C@@H](Cc1ccccc1)C(N)=O. The first-order chi connectivity index (χ1) is 15.1. The summed E-state index contributed by atoms with van der Waals surface area (Å²) in [4.78, 5) is 52.2. The first-order valence-electron chi connectivity index (χ1n) is 10.1. The Morgan fingerprint density at radius 1 is 0.969 bits per heavy atom. The molecule has 0 fully saturated rings. The molecule has 0 aliphatic carbocycles. The second-order valence-corrected chi connectivity index (χ2v) is 7.23. The van der Waals surface area contributed by atoms with Gasteiger partial charge in [0.1, 0.15) is 12.1 Å². The molecule has 11 N–H and O–H groups in total. The summed E-state index contributed by atoms with van der Waals surface area (Å²) < 4.78 is 0. The minimum atomic E-state index is -0.938. The molecular formula is C20H32N8O4. The number of nitrogens with zero attached hydrogens (tertiary/aromatic N) is 1. The number of nitrogens with two attached hydrogens (primary N) is 4. The van der Waals surface area contributed by atoms with Crippen molar-refractivity contribution >= 4 is 29.6 Å². The van der Waals surface area contributed by atoms with E-state index in [0.29, 0.717) is 6.42 Å². The summed E-state index contributed by atoms with van der Waals surface area (Å²) in [6, 6.07) is 6.35. The first kappa shape index (κ1) is 26.4. The quantitative estimate of drug-likeness (QED) is 0.0953.